The maximum absolute atomic E-state index is 10.5. The van der Waals surface area contributed by atoms with E-state index < -0.39 is 0 Å². The summed E-state index contributed by atoms with van der Waals surface area (Å²) in [6, 6.07) is 39.6. The molecule has 3 heteroatoms. The lowest BCUT2D eigenvalue weighted by Gasteiger charge is -2.34. The van der Waals surface area contributed by atoms with Crippen LogP contribution in [0.3, 0.4) is 0 Å². The van der Waals surface area contributed by atoms with Crippen LogP contribution in [0, 0.1) is 11.3 Å². The fourth-order valence-electron chi connectivity index (χ4n) is 8.19. The molecular formula is C41H30N2S. The zero-order chi connectivity index (χ0) is 29.8. The van der Waals surface area contributed by atoms with Crippen LogP contribution in [0.2, 0.25) is 0 Å². The minimum Gasteiger partial charge on any atom is -0.307 e. The summed E-state index contributed by atoms with van der Waals surface area (Å²) in [5, 5.41) is 13.1. The monoisotopic (exact) mass is 582 g/mol. The first-order valence-corrected chi connectivity index (χ1v) is 16.2. The molecule has 0 saturated carbocycles. The van der Waals surface area contributed by atoms with Gasteiger partial charge in [-0.2, -0.15) is 5.26 Å². The quantitative estimate of drug-likeness (QED) is 0.203. The highest BCUT2D eigenvalue weighted by Crippen LogP contribution is 2.62. The molecule has 0 radical (unpaired) electrons. The second-order valence-corrected chi connectivity index (χ2v) is 14.1. The van der Waals surface area contributed by atoms with Gasteiger partial charge in [0, 0.05) is 37.3 Å². The van der Waals surface area contributed by atoms with Crippen molar-refractivity contribution >= 4 is 39.1 Å². The van der Waals surface area contributed by atoms with Crippen molar-refractivity contribution in [3.05, 3.63) is 149 Å². The smallest absolute Gasteiger partial charge is 0.101 e. The highest BCUT2D eigenvalue weighted by atomic mass is 32.2. The Morgan fingerprint density at radius 2 is 1.36 bits per heavy atom. The second-order valence-electron chi connectivity index (χ2n) is 13.0. The van der Waals surface area contributed by atoms with Gasteiger partial charge in [0.15, 0.2) is 0 Å². The molecule has 2 unspecified atom stereocenters. The van der Waals surface area contributed by atoms with Crippen molar-refractivity contribution in [1.29, 1.82) is 5.26 Å². The van der Waals surface area contributed by atoms with Gasteiger partial charge in [0.1, 0.15) is 6.07 Å². The SMILES string of the molecule is CC1(C)c2ccccc2-c2c1ccc1c2SC2C(c3cccc(C#N)c3-n3c4ccccc4c4ccccc43)=CC=CC12C. The van der Waals surface area contributed by atoms with E-state index in [1.807, 2.05) is 23.9 Å². The largest absolute Gasteiger partial charge is 0.307 e. The predicted octanol–water partition coefficient (Wildman–Crippen LogP) is 10.3. The third kappa shape index (κ3) is 3.16. The van der Waals surface area contributed by atoms with Gasteiger partial charge in [0.05, 0.1) is 22.3 Å². The standard InChI is InChI=1S/C41H30N2S/c1-40(2)31-18-7-4-15-30(31)36-32(40)21-22-33-38(36)44-39-29(17-11-23-41(33,39)3)28-16-10-12-25(24-42)37(28)43-34-19-8-5-13-26(34)27-14-6-9-20-35(27)43/h4-23,39H,1-3H3. The summed E-state index contributed by atoms with van der Waals surface area (Å²) in [6.07, 6.45) is 6.92. The van der Waals surface area contributed by atoms with E-state index in [1.54, 1.807) is 0 Å². The Morgan fingerprint density at radius 3 is 2.11 bits per heavy atom. The lowest BCUT2D eigenvalue weighted by molar-refractivity contribution is 0.624. The molecule has 0 N–H and O–H groups in total. The van der Waals surface area contributed by atoms with E-state index in [1.165, 1.54) is 49.1 Å². The van der Waals surface area contributed by atoms with E-state index in [0.717, 1.165) is 22.3 Å². The van der Waals surface area contributed by atoms with Crippen LogP contribution in [0.15, 0.2) is 126 Å². The first-order valence-electron chi connectivity index (χ1n) is 15.3. The molecule has 0 spiro atoms. The molecule has 0 saturated heterocycles. The molecule has 6 aromatic rings. The lowest BCUT2D eigenvalue weighted by Crippen LogP contribution is -2.31. The average molecular weight is 583 g/mol. The van der Waals surface area contributed by atoms with E-state index in [-0.39, 0.29) is 16.1 Å². The number of allylic oxidation sites excluding steroid dienone is 3. The Labute approximate surface area is 262 Å². The summed E-state index contributed by atoms with van der Waals surface area (Å²) < 4.78 is 2.32. The zero-order valence-electron chi connectivity index (χ0n) is 24.9. The normalized spacial score (nSPS) is 20.6. The van der Waals surface area contributed by atoms with Crippen LogP contribution in [-0.4, -0.2) is 9.82 Å². The van der Waals surface area contributed by atoms with Crippen molar-refractivity contribution < 1.29 is 0 Å². The van der Waals surface area contributed by atoms with Gasteiger partial charge in [-0.15, -0.1) is 11.8 Å². The number of hydrogen-bond donors (Lipinski definition) is 0. The van der Waals surface area contributed by atoms with Crippen LogP contribution in [-0.2, 0) is 10.8 Å². The number of benzene rings is 5. The van der Waals surface area contributed by atoms with E-state index >= 15 is 0 Å². The Bertz CT molecular complexity index is 2270. The Morgan fingerprint density at radius 1 is 0.705 bits per heavy atom. The number of fused-ring (bicyclic) bond motifs is 10. The first kappa shape index (κ1) is 25.7. The molecule has 5 aromatic carbocycles. The van der Waals surface area contributed by atoms with Crippen molar-refractivity contribution in [3.63, 3.8) is 0 Å². The summed E-state index contributed by atoms with van der Waals surface area (Å²) in [7, 11) is 0. The van der Waals surface area contributed by atoms with E-state index in [9.17, 15) is 5.26 Å². The van der Waals surface area contributed by atoms with Gasteiger partial charge in [-0.3, -0.25) is 0 Å². The number of nitrogens with zero attached hydrogens (tertiary/aromatic N) is 2. The van der Waals surface area contributed by atoms with Crippen molar-refractivity contribution in [2.75, 3.05) is 0 Å². The maximum Gasteiger partial charge on any atom is 0.101 e. The molecule has 2 nitrogen and oxygen atoms in total. The molecule has 3 aliphatic rings. The molecule has 0 amide bonds. The minimum absolute atomic E-state index is 0.0322. The number of para-hydroxylation sites is 3. The summed E-state index contributed by atoms with van der Waals surface area (Å²) >= 11 is 2.01. The van der Waals surface area contributed by atoms with Crippen LogP contribution in [0.25, 0.3) is 44.2 Å². The fourth-order valence-corrected chi connectivity index (χ4v) is 9.97. The zero-order valence-corrected chi connectivity index (χ0v) is 25.7. The average Bonchev–Trinajstić information content (AvgIpc) is 3.63. The topological polar surface area (TPSA) is 28.7 Å². The molecule has 0 bridgehead atoms. The summed E-state index contributed by atoms with van der Waals surface area (Å²) in [5.41, 5.74) is 13.1. The first-order chi connectivity index (χ1) is 21.4. The number of thioether (sulfide) groups is 1. The van der Waals surface area contributed by atoms with Gasteiger partial charge >= 0.3 is 0 Å². The second kappa shape index (κ2) is 8.88. The van der Waals surface area contributed by atoms with E-state index in [0.29, 0.717) is 5.56 Å². The van der Waals surface area contributed by atoms with E-state index in [4.69, 9.17) is 0 Å². The molecule has 1 aliphatic heterocycles. The predicted molar refractivity (Wildman–Crippen MR) is 184 cm³/mol. The molecule has 9 rings (SSSR count). The summed E-state index contributed by atoms with van der Waals surface area (Å²) in [6.45, 7) is 7.11. The van der Waals surface area contributed by atoms with Gasteiger partial charge < -0.3 is 4.57 Å². The highest BCUT2D eigenvalue weighted by molar-refractivity contribution is 8.01. The third-order valence-electron chi connectivity index (χ3n) is 10.3. The molecule has 2 aliphatic carbocycles. The molecule has 0 fully saturated rings. The van der Waals surface area contributed by atoms with Gasteiger partial charge in [-0.25, -0.2) is 0 Å². The number of aromatic nitrogens is 1. The third-order valence-corrected chi connectivity index (χ3v) is 12.0. The number of rotatable bonds is 2. The van der Waals surface area contributed by atoms with Gasteiger partial charge in [-0.1, -0.05) is 124 Å². The van der Waals surface area contributed by atoms with Crippen LogP contribution in [0.1, 0.15) is 48.6 Å². The van der Waals surface area contributed by atoms with Gasteiger partial charge in [0.2, 0.25) is 0 Å². The van der Waals surface area contributed by atoms with Crippen LogP contribution in [0.5, 0.6) is 0 Å². The minimum atomic E-state index is -0.179. The maximum atomic E-state index is 10.5. The van der Waals surface area contributed by atoms with Crippen LogP contribution >= 0.6 is 11.8 Å². The fraction of sp³-hybridized carbons (Fsp3) is 0.146. The van der Waals surface area contributed by atoms with Crippen molar-refractivity contribution in [2.24, 2.45) is 0 Å². The molecular weight excluding hydrogens is 553 g/mol. The Hall–Kier alpha value is -4.78. The molecule has 1 aromatic heterocycles. The van der Waals surface area contributed by atoms with Crippen molar-refractivity contribution in [1.82, 2.24) is 4.57 Å². The number of nitriles is 1. The number of hydrogen-bond acceptors (Lipinski definition) is 2. The molecule has 210 valence electrons. The van der Waals surface area contributed by atoms with E-state index in [2.05, 4.69) is 141 Å². The van der Waals surface area contributed by atoms with Crippen LogP contribution in [0.4, 0.5) is 0 Å². The highest BCUT2D eigenvalue weighted by Gasteiger charge is 2.49. The summed E-state index contributed by atoms with van der Waals surface area (Å²) in [4.78, 5) is 1.40. The van der Waals surface area contributed by atoms with Gasteiger partial charge in [-0.05, 0) is 51.6 Å². The van der Waals surface area contributed by atoms with Crippen molar-refractivity contribution in [2.45, 2.75) is 41.7 Å². The van der Waals surface area contributed by atoms with Crippen LogP contribution < -0.4 is 0 Å². The molecule has 2 heterocycles. The lowest BCUT2D eigenvalue weighted by atomic mass is 9.72. The molecule has 44 heavy (non-hydrogen) atoms. The summed E-state index contributed by atoms with van der Waals surface area (Å²) in [5.74, 6) is 0. The van der Waals surface area contributed by atoms with Gasteiger partial charge in [0.25, 0.3) is 0 Å². The Balaban J connectivity index is 1.28. The Kier molecular flexibility index (Phi) is 5.19. The van der Waals surface area contributed by atoms with Crippen molar-refractivity contribution in [3.8, 4) is 22.9 Å². The molecule has 2 atom stereocenters.